The van der Waals surface area contributed by atoms with Gasteiger partial charge in [-0.2, -0.15) is 0 Å². The fourth-order valence-electron chi connectivity index (χ4n) is 2.93. The molecule has 1 atom stereocenters. The number of carbonyl (C=O) groups is 1. The Hall–Kier alpha value is -1.95. The lowest BCUT2D eigenvalue weighted by Gasteiger charge is -2.10. The largest absolute Gasteiger partial charge is 0.368 e. The first-order chi connectivity index (χ1) is 10.6. The van der Waals surface area contributed by atoms with Gasteiger partial charge in [-0.1, -0.05) is 0 Å². The molecule has 1 fully saturated rings. The van der Waals surface area contributed by atoms with Crippen molar-refractivity contribution in [3.8, 4) is 0 Å². The Morgan fingerprint density at radius 1 is 1.45 bits per heavy atom. The average Bonchev–Trinajstić information content (AvgIpc) is 3.09. The number of amides is 1. The Labute approximate surface area is 126 Å². The number of fused-ring (bicyclic) bond motifs is 1. The topological polar surface area (TPSA) is 54.1 Å². The lowest BCUT2D eigenvalue weighted by atomic mass is 10.1. The van der Waals surface area contributed by atoms with Gasteiger partial charge in [0.05, 0.1) is 5.52 Å². The van der Waals surface area contributed by atoms with Gasteiger partial charge in [-0.15, -0.1) is 0 Å². The number of ether oxygens (including phenoxy) is 1. The van der Waals surface area contributed by atoms with E-state index in [1.165, 1.54) is 6.07 Å². The normalized spacial score (nSPS) is 18.0. The molecule has 2 aromatic rings. The first kappa shape index (κ1) is 15.0. The minimum absolute atomic E-state index is 0.118. The van der Waals surface area contributed by atoms with Crippen LogP contribution in [-0.4, -0.2) is 30.1 Å². The molecule has 1 amide bonds. The van der Waals surface area contributed by atoms with Gasteiger partial charge in [-0.05, 0) is 37.8 Å². The Bertz CT molecular complexity index is 706. The molecule has 0 spiro atoms. The van der Waals surface area contributed by atoms with Crippen molar-refractivity contribution >= 4 is 16.8 Å². The smallest absolute Gasteiger partial charge is 0.249 e. The van der Waals surface area contributed by atoms with Crippen LogP contribution in [0, 0.1) is 18.6 Å². The van der Waals surface area contributed by atoms with E-state index >= 15 is 0 Å². The van der Waals surface area contributed by atoms with Crippen molar-refractivity contribution in [3.05, 3.63) is 35.0 Å². The van der Waals surface area contributed by atoms with Crippen molar-refractivity contribution in [2.75, 3.05) is 13.2 Å². The monoisotopic (exact) mass is 308 g/mol. The number of aryl methyl sites for hydroxylation is 1. The molecule has 0 bridgehead atoms. The van der Waals surface area contributed by atoms with Crippen molar-refractivity contribution in [2.45, 2.75) is 32.3 Å². The van der Waals surface area contributed by atoms with Crippen LogP contribution >= 0.6 is 0 Å². The number of carbonyl (C=O) groups excluding carboxylic acids is 1. The molecule has 3 rings (SSSR count). The number of rotatable bonds is 4. The minimum atomic E-state index is -0.604. The van der Waals surface area contributed by atoms with E-state index in [4.69, 9.17) is 4.74 Å². The molecule has 1 aromatic heterocycles. The molecule has 1 saturated heterocycles. The van der Waals surface area contributed by atoms with Crippen LogP contribution in [0.5, 0.6) is 0 Å². The summed E-state index contributed by atoms with van der Waals surface area (Å²) in [5.74, 6) is -1.33. The van der Waals surface area contributed by atoms with Crippen molar-refractivity contribution in [3.63, 3.8) is 0 Å². The van der Waals surface area contributed by atoms with Crippen LogP contribution in [0.1, 0.15) is 24.1 Å². The predicted octanol–water partition coefficient (Wildman–Crippen LogP) is 2.59. The average molecular weight is 308 g/mol. The number of hydrogen-bond acceptors (Lipinski definition) is 2. The van der Waals surface area contributed by atoms with Gasteiger partial charge >= 0.3 is 0 Å². The standard InChI is InChI=1S/C16H18F2N2O2/c1-9-11(4-5-19-16(21)14-3-2-6-22-14)12-7-10(17)8-13(18)15(12)20-9/h7-8,14,20H,2-6H2,1H3,(H,19,21)/t14-/m0/s1. The van der Waals surface area contributed by atoms with E-state index in [0.717, 1.165) is 30.2 Å². The van der Waals surface area contributed by atoms with E-state index in [1.54, 1.807) is 0 Å². The second-order valence-electron chi connectivity index (χ2n) is 5.58. The number of H-pyrrole nitrogens is 1. The molecule has 0 aliphatic carbocycles. The number of nitrogens with one attached hydrogen (secondary N) is 2. The molecular weight excluding hydrogens is 290 g/mol. The second-order valence-corrected chi connectivity index (χ2v) is 5.58. The summed E-state index contributed by atoms with van der Waals surface area (Å²) in [7, 11) is 0. The molecule has 1 aliphatic rings. The van der Waals surface area contributed by atoms with Crippen LogP contribution in [0.4, 0.5) is 8.78 Å². The van der Waals surface area contributed by atoms with Crippen molar-refractivity contribution < 1.29 is 18.3 Å². The van der Waals surface area contributed by atoms with Crippen LogP contribution in [-0.2, 0) is 16.0 Å². The zero-order chi connectivity index (χ0) is 15.7. The van der Waals surface area contributed by atoms with E-state index < -0.39 is 11.6 Å². The predicted molar refractivity (Wildman–Crippen MR) is 78.6 cm³/mol. The quantitative estimate of drug-likeness (QED) is 0.912. The van der Waals surface area contributed by atoms with Gasteiger partial charge in [0.1, 0.15) is 17.7 Å². The summed E-state index contributed by atoms with van der Waals surface area (Å²) >= 11 is 0. The van der Waals surface area contributed by atoms with Crippen LogP contribution in [0.15, 0.2) is 12.1 Å². The number of aromatic amines is 1. The van der Waals surface area contributed by atoms with Crippen molar-refractivity contribution in [2.24, 2.45) is 0 Å². The highest BCUT2D eigenvalue weighted by atomic mass is 19.1. The molecule has 0 unspecified atom stereocenters. The van der Waals surface area contributed by atoms with E-state index in [-0.39, 0.29) is 12.0 Å². The lowest BCUT2D eigenvalue weighted by molar-refractivity contribution is -0.129. The summed E-state index contributed by atoms with van der Waals surface area (Å²) in [6.07, 6.45) is 1.79. The summed E-state index contributed by atoms with van der Waals surface area (Å²) in [4.78, 5) is 14.8. The van der Waals surface area contributed by atoms with Gasteiger partial charge in [-0.3, -0.25) is 4.79 Å². The number of aromatic nitrogens is 1. The zero-order valence-electron chi connectivity index (χ0n) is 12.3. The number of benzene rings is 1. The maximum absolute atomic E-state index is 13.7. The van der Waals surface area contributed by atoms with Crippen LogP contribution in [0.25, 0.3) is 10.9 Å². The third-order valence-electron chi connectivity index (χ3n) is 4.04. The van der Waals surface area contributed by atoms with Crippen LogP contribution in [0.3, 0.4) is 0 Å². The van der Waals surface area contributed by atoms with Crippen LogP contribution < -0.4 is 5.32 Å². The molecule has 2 heterocycles. The van der Waals surface area contributed by atoms with Crippen molar-refractivity contribution in [1.29, 1.82) is 0 Å². The minimum Gasteiger partial charge on any atom is -0.368 e. The molecule has 2 N–H and O–H groups in total. The zero-order valence-corrected chi connectivity index (χ0v) is 12.3. The number of hydrogen-bond donors (Lipinski definition) is 2. The molecule has 6 heteroatoms. The first-order valence-corrected chi connectivity index (χ1v) is 7.42. The van der Waals surface area contributed by atoms with Gasteiger partial charge in [0.15, 0.2) is 0 Å². The fraction of sp³-hybridized carbons (Fsp3) is 0.438. The molecule has 0 saturated carbocycles. The van der Waals surface area contributed by atoms with E-state index in [2.05, 4.69) is 10.3 Å². The van der Waals surface area contributed by atoms with Gasteiger partial charge < -0.3 is 15.0 Å². The third kappa shape index (κ3) is 2.83. The van der Waals surface area contributed by atoms with Gasteiger partial charge in [0, 0.05) is 30.3 Å². The highest BCUT2D eigenvalue weighted by Gasteiger charge is 2.23. The molecule has 118 valence electrons. The Kier molecular flexibility index (Phi) is 4.11. The molecule has 0 radical (unpaired) electrons. The fourth-order valence-corrected chi connectivity index (χ4v) is 2.93. The highest BCUT2D eigenvalue weighted by molar-refractivity contribution is 5.85. The summed E-state index contributed by atoms with van der Waals surface area (Å²) < 4.78 is 32.4. The number of halogens is 2. The first-order valence-electron chi connectivity index (χ1n) is 7.42. The van der Waals surface area contributed by atoms with Crippen molar-refractivity contribution in [1.82, 2.24) is 10.3 Å². The molecular formula is C16H18F2N2O2. The summed E-state index contributed by atoms with van der Waals surface area (Å²) in [6.45, 7) is 2.84. The van der Waals surface area contributed by atoms with Crippen LogP contribution in [0.2, 0.25) is 0 Å². The van der Waals surface area contributed by atoms with Gasteiger partial charge in [0.2, 0.25) is 5.91 Å². The summed E-state index contributed by atoms with van der Waals surface area (Å²) in [5.41, 5.74) is 1.91. The van der Waals surface area contributed by atoms with E-state index in [1.807, 2.05) is 6.92 Å². The molecule has 1 aromatic carbocycles. The Balaban J connectivity index is 1.71. The molecule has 4 nitrogen and oxygen atoms in total. The SMILES string of the molecule is Cc1[nH]c2c(F)cc(F)cc2c1CCNC(=O)[C@@H]1CCCO1. The highest BCUT2D eigenvalue weighted by Crippen LogP contribution is 2.25. The van der Waals surface area contributed by atoms with Gasteiger partial charge in [0.25, 0.3) is 0 Å². The summed E-state index contributed by atoms with van der Waals surface area (Å²) in [5, 5.41) is 3.35. The second kappa shape index (κ2) is 6.04. The maximum atomic E-state index is 13.7. The summed E-state index contributed by atoms with van der Waals surface area (Å²) in [6, 6.07) is 2.18. The third-order valence-corrected chi connectivity index (χ3v) is 4.04. The van der Waals surface area contributed by atoms with Gasteiger partial charge in [-0.25, -0.2) is 8.78 Å². The van der Waals surface area contributed by atoms with E-state index in [9.17, 15) is 13.6 Å². The molecule has 22 heavy (non-hydrogen) atoms. The maximum Gasteiger partial charge on any atom is 0.249 e. The van der Waals surface area contributed by atoms with E-state index in [0.29, 0.717) is 30.5 Å². The molecule has 1 aliphatic heterocycles. The Morgan fingerprint density at radius 2 is 2.27 bits per heavy atom. The Morgan fingerprint density at radius 3 is 3.00 bits per heavy atom. The lowest BCUT2D eigenvalue weighted by Crippen LogP contribution is -2.35.